The monoisotopic (exact) mass is 260 g/mol. The lowest BCUT2D eigenvalue weighted by atomic mass is 9.82. The summed E-state index contributed by atoms with van der Waals surface area (Å²) in [6, 6.07) is 3.50. The molecule has 1 fully saturated rings. The molecule has 0 spiro atoms. The van der Waals surface area contributed by atoms with E-state index in [1.54, 1.807) is 12.1 Å². The second-order valence-corrected chi connectivity index (χ2v) is 5.12. The first-order valence-electron chi connectivity index (χ1n) is 6.36. The maximum atomic E-state index is 12.2. The highest BCUT2D eigenvalue weighted by atomic mass is 16.4. The Labute approximate surface area is 110 Å². The summed E-state index contributed by atoms with van der Waals surface area (Å²) in [4.78, 5) is 23.4. The van der Waals surface area contributed by atoms with E-state index in [2.05, 4.69) is 5.32 Å². The van der Waals surface area contributed by atoms with Crippen molar-refractivity contribution in [2.45, 2.75) is 13.0 Å². The number of hydrogen-bond donors (Lipinski definition) is 1. The third-order valence-electron chi connectivity index (χ3n) is 4.05. The predicted octanol–water partition coefficient (Wildman–Crippen LogP) is 0.0840. The molecule has 0 unspecified atom stereocenters. The molecular weight excluding hydrogens is 246 g/mol. The highest BCUT2D eigenvalue weighted by Crippen LogP contribution is 2.47. The minimum absolute atomic E-state index is 0.0181. The molecule has 1 amide bonds. The van der Waals surface area contributed by atoms with Crippen molar-refractivity contribution in [3.05, 3.63) is 36.3 Å². The van der Waals surface area contributed by atoms with Crippen molar-refractivity contribution in [2.75, 3.05) is 0 Å². The van der Waals surface area contributed by atoms with E-state index in [9.17, 15) is 14.7 Å². The third-order valence-corrected chi connectivity index (χ3v) is 4.05. The van der Waals surface area contributed by atoms with Crippen LogP contribution in [0.1, 0.15) is 12.2 Å². The molecule has 1 saturated carbocycles. The van der Waals surface area contributed by atoms with Gasteiger partial charge in [0.05, 0.1) is 18.7 Å². The van der Waals surface area contributed by atoms with Crippen LogP contribution in [0.2, 0.25) is 0 Å². The summed E-state index contributed by atoms with van der Waals surface area (Å²) in [7, 11) is 0. The van der Waals surface area contributed by atoms with Crippen LogP contribution in [0.15, 0.2) is 35.0 Å². The van der Waals surface area contributed by atoms with Crippen molar-refractivity contribution < 1.29 is 19.1 Å². The van der Waals surface area contributed by atoms with E-state index in [0.29, 0.717) is 5.76 Å². The maximum Gasteiger partial charge on any atom is 0.224 e. The number of nitrogens with one attached hydrogen (secondary N) is 1. The number of rotatable bonds is 4. The first kappa shape index (κ1) is 12.0. The molecule has 0 saturated heterocycles. The Kier molecular flexibility index (Phi) is 2.89. The first-order valence-corrected chi connectivity index (χ1v) is 6.36. The Balaban J connectivity index is 1.68. The largest absolute Gasteiger partial charge is 0.550 e. The lowest BCUT2D eigenvalue weighted by Gasteiger charge is -2.27. The van der Waals surface area contributed by atoms with E-state index < -0.39 is 17.8 Å². The topological polar surface area (TPSA) is 82.4 Å². The average Bonchev–Trinajstić information content (AvgIpc) is 3.10. The Morgan fingerprint density at radius 2 is 2.05 bits per heavy atom. The quantitative estimate of drug-likeness (QED) is 0.777. The van der Waals surface area contributed by atoms with E-state index in [-0.39, 0.29) is 24.3 Å². The zero-order valence-electron chi connectivity index (χ0n) is 10.2. The van der Waals surface area contributed by atoms with Crippen LogP contribution in [-0.4, -0.2) is 11.9 Å². The van der Waals surface area contributed by atoms with Crippen LogP contribution >= 0.6 is 0 Å². The third kappa shape index (κ3) is 2.05. The standard InChI is InChI=1S/C14H15NO4/c16-13(15-7-10-2-1-5-19-10)11-8-3-4-9(6-8)12(11)14(17)18/h1-5,8-9,11-12H,6-7H2,(H,15,16)(H,17,18)/p-1/t8-,9+,11+,12+/m1/s1. The molecule has 2 aliphatic rings. The Hall–Kier alpha value is -2.04. The molecule has 0 aliphatic heterocycles. The summed E-state index contributed by atoms with van der Waals surface area (Å²) in [6.07, 6.45) is 6.10. The summed E-state index contributed by atoms with van der Waals surface area (Å²) < 4.78 is 5.13. The summed E-state index contributed by atoms with van der Waals surface area (Å²) >= 11 is 0. The van der Waals surface area contributed by atoms with Gasteiger partial charge in [0, 0.05) is 11.9 Å². The van der Waals surface area contributed by atoms with Gasteiger partial charge in [-0.25, -0.2) is 0 Å². The highest BCUT2D eigenvalue weighted by Gasteiger charge is 2.48. The van der Waals surface area contributed by atoms with Crippen molar-refractivity contribution in [3.63, 3.8) is 0 Å². The zero-order valence-corrected chi connectivity index (χ0v) is 10.2. The lowest BCUT2D eigenvalue weighted by molar-refractivity contribution is -0.313. The van der Waals surface area contributed by atoms with Gasteiger partial charge in [0.25, 0.3) is 0 Å². The van der Waals surface area contributed by atoms with Gasteiger partial charge >= 0.3 is 0 Å². The molecule has 0 radical (unpaired) electrons. The fraction of sp³-hybridized carbons (Fsp3) is 0.429. The predicted molar refractivity (Wildman–Crippen MR) is 63.3 cm³/mol. The van der Waals surface area contributed by atoms with Crippen molar-refractivity contribution in [2.24, 2.45) is 23.7 Å². The number of hydrogen-bond acceptors (Lipinski definition) is 4. The number of amides is 1. The van der Waals surface area contributed by atoms with Gasteiger partial charge in [-0.05, 0) is 30.4 Å². The summed E-state index contributed by atoms with van der Waals surface area (Å²) in [5, 5.41) is 13.9. The van der Waals surface area contributed by atoms with Gasteiger partial charge < -0.3 is 19.6 Å². The molecule has 3 rings (SSSR count). The van der Waals surface area contributed by atoms with Crippen LogP contribution in [0.5, 0.6) is 0 Å². The maximum absolute atomic E-state index is 12.2. The van der Waals surface area contributed by atoms with Crippen molar-refractivity contribution in [1.29, 1.82) is 0 Å². The van der Waals surface area contributed by atoms with E-state index in [4.69, 9.17) is 4.42 Å². The number of furan rings is 1. The number of carboxylic acid groups (broad SMARTS) is 1. The van der Waals surface area contributed by atoms with E-state index in [1.807, 2.05) is 12.2 Å². The summed E-state index contributed by atoms with van der Waals surface area (Å²) in [5.41, 5.74) is 0. The van der Waals surface area contributed by atoms with Gasteiger partial charge in [-0.3, -0.25) is 4.79 Å². The second kappa shape index (κ2) is 4.57. The highest BCUT2D eigenvalue weighted by molar-refractivity contribution is 5.86. The number of carbonyl (C=O) groups is 2. The number of aliphatic carboxylic acids is 1. The normalized spacial score (nSPS) is 31.6. The van der Waals surface area contributed by atoms with Crippen LogP contribution in [0.3, 0.4) is 0 Å². The fourth-order valence-electron chi connectivity index (χ4n) is 3.21. The van der Waals surface area contributed by atoms with E-state index in [0.717, 1.165) is 6.42 Å². The van der Waals surface area contributed by atoms with Crippen LogP contribution < -0.4 is 10.4 Å². The second-order valence-electron chi connectivity index (χ2n) is 5.12. The van der Waals surface area contributed by atoms with Crippen LogP contribution in [0.4, 0.5) is 0 Å². The molecule has 19 heavy (non-hydrogen) atoms. The molecule has 5 nitrogen and oxygen atoms in total. The number of fused-ring (bicyclic) bond motifs is 2. The molecule has 1 heterocycles. The van der Waals surface area contributed by atoms with Gasteiger partial charge in [0.1, 0.15) is 5.76 Å². The Bertz CT molecular complexity index is 520. The van der Waals surface area contributed by atoms with Gasteiger partial charge in [-0.1, -0.05) is 12.2 Å². The molecule has 1 aromatic heterocycles. The molecule has 1 aromatic rings. The summed E-state index contributed by atoms with van der Waals surface area (Å²) in [6.45, 7) is 0.281. The van der Waals surface area contributed by atoms with Crippen molar-refractivity contribution in [1.82, 2.24) is 5.32 Å². The van der Waals surface area contributed by atoms with Crippen molar-refractivity contribution >= 4 is 11.9 Å². The number of allylic oxidation sites excluding steroid dienone is 2. The first-order chi connectivity index (χ1) is 9.16. The lowest BCUT2D eigenvalue weighted by Crippen LogP contribution is -2.44. The fourth-order valence-corrected chi connectivity index (χ4v) is 3.21. The van der Waals surface area contributed by atoms with Crippen LogP contribution in [-0.2, 0) is 16.1 Å². The van der Waals surface area contributed by atoms with Gasteiger partial charge in [-0.2, -0.15) is 0 Å². The smallest absolute Gasteiger partial charge is 0.224 e. The molecule has 2 aliphatic carbocycles. The SMILES string of the molecule is O=C(NCc1ccco1)[C@@H]1[C@@H](C(=O)[O-])[C@H]2C=C[C@@H]1C2. The Morgan fingerprint density at radius 3 is 2.68 bits per heavy atom. The van der Waals surface area contributed by atoms with Gasteiger partial charge in [0.2, 0.25) is 5.91 Å². The minimum atomic E-state index is -1.13. The molecule has 2 bridgehead atoms. The molecule has 0 aromatic carbocycles. The summed E-state index contributed by atoms with van der Waals surface area (Å²) in [5.74, 6) is -1.98. The Morgan fingerprint density at radius 1 is 1.32 bits per heavy atom. The van der Waals surface area contributed by atoms with E-state index in [1.165, 1.54) is 6.26 Å². The van der Waals surface area contributed by atoms with Crippen molar-refractivity contribution in [3.8, 4) is 0 Å². The van der Waals surface area contributed by atoms with Gasteiger partial charge in [0.15, 0.2) is 0 Å². The molecule has 100 valence electrons. The molecule has 5 heteroatoms. The molecule has 4 atom stereocenters. The average molecular weight is 260 g/mol. The molecular formula is C14H14NO4-. The minimum Gasteiger partial charge on any atom is -0.550 e. The number of carbonyl (C=O) groups excluding carboxylic acids is 2. The van der Waals surface area contributed by atoms with E-state index >= 15 is 0 Å². The zero-order chi connectivity index (χ0) is 13.4. The van der Waals surface area contributed by atoms with Crippen LogP contribution in [0.25, 0.3) is 0 Å². The number of carboxylic acids is 1. The molecule has 1 N–H and O–H groups in total. The van der Waals surface area contributed by atoms with Crippen LogP contribution in [0, 0.1) is 23.7 Å². The van der Waals surface area contributed by atoms with Gasteiger partial charge in [-0.15, -0.1) is 0 Å².